The van der Waals surface area contributed by atoms with Gasteiger partial charge in [0.05, 0.1) is 10.6 Å². The first-order valence-corrected chi connectivity index (χ1v) is 4.94. The molecular weight excluding hydrogens is 186 g/mol. The molecule has 72 valence electrons. The molecule has 13 heavy (non-hydrogen) atoms. The molecule has 1 rings (SSSR count). The van der Waals surface area contributed by atoms with Crippen LogP contribution in [0.1, 0.15) is 6.92 Å². The monoisotopic (exact) mass is 199 g/mol. The van der Waals surface area contributed by atoms with Crippen LogP contribution in [0.2, 0.25) is 0 Å². The molecule has 1 heterocycles. The summed E-state index contributed by atoms with van der Waals surface area (Å²) >= 11 is 1.47. The Morgan fingerprint density at radius 3 is 3.00 bits per heavy atom. The van der Waals surface area contributed by atoms with Crippen molar-refractivity contribution in [1.29, 1.82) is 0 Å². The molecule has 1 atom stereocenters. The van der Waals surface area contributed by atoms with E-state index in [0.29, 0.717) is 5.75 Å². The molecule has 0 spiro atoms. The molecule has 1 aromatic rings. The lowest BCUT2D eigenvalue weighted by Crippen LogP contribution is -2.36. The second-order valence-electron chi connectivity index (χ2n) is 3.04. The molecule has 4 nitrogen and oxygen atoms in total. The number of hydrogen-bond acceptors (Lipinski definition) is 5. The van der Waals surface area contributed by atoms with Crippen LogP contribution in [0.5, 0.6) is 0 Å². The van der Waals surface area contributed by atoms with E-state index >= 15 is 0 Å². The third kappa shape index (κ3) is 3.71. The van der Waals surface area contributed by atoms with Crippen molar-refractivity contribution in [3.05, 3.63) is 18.6 Å². The van der Waals surface area contributed by atoms with Crippen LogP contribution in [0, 0.1) is 0 Å². The average Bonchev–Trinajstić information content (AvgIpc) is 2.17. The molecule has 3 N–H and O–H groups in total. The van der Waals surface area contributed by atoms with Crippen LogP contribution in [-0.2, 0) is 0 Å². The van der Waals surface area contributed by atoms with E-state index in [1.807, 2.05) is 0 Å². The topological polar surface area (TPSA) is 72.0 Å². The minimum Gasteiger partial charge on any atom is -0.388 e. The first-order valence-electron chi connectivity index (χ1n) is 3.95. The van der Waals surface area contributed by atoms with Gasteiger partial charge in [0.2, 0.25) is 0 Å². The van der Waals surface area contributed by atoms with Gasteiger partial charge < -0.3 is 10.8 Å². The predicted octanol–water partition coefficient (Wildman–Crippen LogP) is 0.278. The number of hydrogen-bond donors (Lipinski definition) is 2. The Balaban J connectivity index is 2.44. The molecule has 0 radical (unpaired) electrons. The van der Waals surface area contributed by atoms with Gasteiger partial charge in [-0.2, -0.15) is 0 Å². The first kappa shape index (κ1) is 10.4. The number of nitrogens with zero attached hydrogens (tertiary/aromatic N) is 2. The van der Waals surface area contributed by atoms with Crippen LogP contribution in [0.15, 0.2) is 23.6 Å². The lowest BCUT2D eigenvalue weighted by atomic mass is 10.1. The molecule has 0 saturated heterocycles. The Morgan fingerprint density at radius 2 is 2.46 bits per heavy atom. The van der Waals surface area contributed by atoms with Crippen molar-refractivity contribution >= 4 is 11.8 Å². The SMILES string of the molecule is CC(O)(CN)CSc1ccncn1. The number of thioether (sulfide) groups is 1. The molecule has 0 aliphatic heterocycles. The zero-order valence-corrected chi connectivity index (χ0v) is 8.29. The number of nitrogens with two attached hydrogens (primary N) is 1. The van der Waals surface area contributed by atoms with Gasteiger partial charge in [-0.1, -0.05) is 0 Å². The Hall–Kier alpha value is -0.650. The highest BCUT2D eigenvalue weighted by molar-refractivity contribution is 7.99. The van der Waals surface area contributed by atoms with E-state index in [4.69, 9.17) is 5.73 Å². The minimum atomic E-state index is -0.824. The normalized spacial score (nSPS) is 15.3. The van der Waals surface area contributed by atoms with Crippen LogP contribution < -0.4 is 5.73 Å². The average molecular weight is 199 g/mol. The second kappa shape index (κ2) is 4.55. The summed E-state index contributed by atoms with van der Waals surface area (Å²) in [6.45, 7) is 1.96. The minimum absolute atomic E-state index is 0.255. The van der Waals surface area contributed by atoms with Crippen molar-refractivity contribution < 1.29 is 5.11 Å². The third-order valence-electron chi connectivity index (χ3n) is 1.53. The molecule has 0 aliphatic carbocycles. The van der Waals surface area contributed by atoms with Crippen LogP contribution >= 0.6 is 11.8 Å². The summed E-state index contributed by atoms with van der Waals surface area (Å²) in [5.74, 6) is 0.542. The van der Waals surface area contributed by atoms with E-state index in [1.165, 1.54) is 18.1 Å². The van der Waals surface area contributed by atoms with Gasteiger partial charge >= 0.3 is 0 Å². The highest BCUT2D eigenvalue weighted by Gasteiger charge is 2.18. The summed E-state index contributed by atoms with van der Waals surface area (Å²) in [6.07, 6.45) is 3.16. The quantitative estimate of drug-likeness (QED) is 0.538. The van der Waals surface area contributed by atoms with E-state index in [9.17, 15) is 5.11 Å². The maximum absolute atomic E-state index is 9.60. The van der Waals surface area contributed by atoms with Crippen molar-refractivity contribution in [3.8, 4) is 0 Å². The molecule has 1 aromatic heterocycles. The summed E-state index contributed by atoms with van der Waals surface area (Å²) in [5.41, 5.74) is 4.55. The van der Waals surface area contributed by atoms with Gasteiger partial charge in [-0.15, -0.1) is 11.8 Å². The van der Waals surface area contributed by atoms with Gasteiger partial charge in [0.1, 0.15) is 6.33 Å². The molecule has 5 heteroatoms. The van der Waals surface area contributed by atoms with Crippen molar-refractivity contribution in [2.45, 2.75) is 17.6 Å². The van der Waals surface area contributed by atoms with Crippen LogP contribution in [0.25, 0.3) is 0 Å². The smallest absolute Gasteiger partial charge is 0.116 e. The highest BCUT2D eigenvalue weighted by atomic mass is 32.2. The van der Waals surface area contributed by atoms with Crippen LogP contribution in [0.4, 0.5) is 0 Å². The Labute approximate surface area is 81.6 Å². The molecular formula is C8H13N3OS. The van der Waals surface area contributed by atoms with Crippen molar-refractivity contribution in [2.24, 2.45) is 5.73 Å². The van der Waals surface area contributed by atoms with Crippen molar-refractivity contribution in [3.63, 3.8) is 0 Å². The molecule has 0 bridgehead atoms. The molecule has 0 fully saturated rings. The summed E-state index contributed by atoms with van der Waals surface area (Å²) in [7, 11) is 0. The fourth-order valence-corrected chi connectivity index (χ4v) is 1.51. The molecule has 0 aliphatic rings. The lowest BCUT2D eigenvalue weighted by Gasteiger charge is -2.19. The molecule has 0 saturated carbocycles. The van der Waals surface area contributed by atoms with Gasteiger partial charge in [0.15, 0.2) is 0 Å². The summed E-state index contributed by atoms with van der Waals surface area (Å²) < 4.78 is 0. The van der Waals surface area contributed by atoms with E-state index in [0.717, 1.165) is 5.03 Å². The highest BCUT2D eigenvalue weighted by Crippen LogP contribution is 2.18. The van der Waals surface area contributed by atoms with Gasteiger partial charge in [0, 0.05) is 18.5 Å². The van der Waals surface area contributed by atoms with E-state index in [-0.39, 0.29) is 6.54 Å². The standard InChI is InChI=1S/C8H13N3OS/c1-8(12,4-9)5-13-7-2-3-10-6-11-7/h2-3,6,12H,4-5,9H2,1H3. The summed E-state index contributed by atoms with van der Waals surface area (Å²) in [4.78, 5) is 7.81. The Bertz CT molecular complexity index is 253. The van der Waals surface area contributed by atoms with Gasteiger partial charge in [-0.05, 0) is 13.0 Å². The van der Waals surface area contributed by atoms with E-state index in [2.05, 4.69) is 9.97 Å². The molecule has 0 aromatic carbocycles. The van der Waals surface area contributed by atoms with Gasteiger partial charge in [-0.3, -0.25) is 0 Å². The fraction of sp³-hybridized carbons (Fsp3) is 0.500. The number of rotatable bonds is 4. The fourth-order valence-electron chi connectivity index (χ4n) is 0.652. The largest absolute Gasteiger partial charge is 0.388 e. The number of aliphatic hydroxyl groups is 1. The first-order chi connectivity index (χ1) is 6.14. The number of aromatic nitrogens is 2. The lowest BCUT2D eigenvalue weighted by molar-refractivity contribution is 0.0949. The Morgan fingerprint density at radius 1 is 1.69 bits per heavy atom. The maximum atomic E-state index is 9.60. The predicted molar refractivity (Wildman–Crippen MR) is 52.4 cm³/mol. The zero-order valence-electron chi connectivity index (χ0n) is 7.47. The van der Waals surface area contributed by atoms with Crippen molar-refractivity contribution in [2.75, 3.05) is 12.3 Å². The maximum Gasteiger partial charge on any atom is 0.116 e. The molecule has 1 unspecified atom stereocenters. The summed E-state index contributed by atoms with van der Waals surface area (Å²) in [6, 6.07) is 1.80. The van der Waals surface area contributed by atoms with Crippen LogP contribution in [0.3, 0.4) is 0 Å². The van der Waals surface area contributed by atoms with E-state index in [1.54, 1.807) is 19.2 Å². The van der Waals surface area contributed by atoms with E-state index < -0.39 is 5.60 Å². The summed E-state index contributed by atoms with van der Waals surface area (Å²) in [5, 5.41) is 10.4. The zero-order chi connectivity index (χ0) is 9.73. The third-order valence-corrected chi connectivity index (χ3v) is 2.83. The van der Waals surface area contributed by atoms with Gasteiger partial charge in [0.25, 0.3) is 0 Å². The van der Waals surface area contributed by atoms with Gasteiger partial charge in [-0.25, -0.2) is 9.97 Å². The Kier molecular flexibility index (Phi) is 3.65. The second-order valence-corrected chi connectivity index (χ2v) is 4.03. The molecule has 0 amide bonds. The van der Waals surface area contributed by atoms with Crippen molar-refractivity contribution in [1.82, 2.24) is 9.97 Å². The van der Waals surface area contributed by atoms with Crippen LogP contribution in [-0.4, -0.2) is 33.0 Å².